The fraction of sp³-hybridized carbons (Fsp3) is 0.300. The lowest BCUT2D eigenvalue weighted by atomic mass is 10.1. The second kappa shape index (κ2) is 4.28. The van der Waals surface area contributed by atoms with Crippen molar-refractivity contribution in [2.24, 2.45) is 0 Å². The number of hydrogen-bond acceptors (Lipinski definition) is 2. The Kier molecular flexibility index (Phi) is 3.32. The molecule has 2 N–H and O–H groups in total. The van der Waals surface area contributed by atoms with Gasteiger partial charge in [0, 0.05) is 18.0 Å². The third kappa shape index (κ3) is 2.74. The maximum atomic E-state index is 10.8. The van der Waals surface area contributed by atoms with Gasteiger partial charge in [0.15, 0.2) is 0 Å². The molecule has 2 nitrogen and oxygen atoms in total. The summed E-state index contributed by atoms with van der Waals surface area (Å²) in [7, 11) is 0. The minimum atomic E-state index is 0.137. The van der Waals surface area contributed by atoms with Gasteiger partial charge in [-0.3, -0.25) is 4.79 Å². The Labute approximate surface area is 82.7 Å². The maximum absolute atomic E-state index is 10.8. The van der Waals surface area contributed by atoms with Gasteiger partial charge in [0.1, 0.15) is 5.78 Å². The van der Waals surface area contributed by atoms with Crippen LogP contribution in [0, 0.1) is 0 Å². The third-order valence-electron chi connectivity index (χ3n) is 1.81. The smallest absolute Gasteiger partial charge is 0.134 e. The van der Waals surface area contributed by atoms with Gasteiger partial charge in [0.05, 0.1) is 0 Å². The van der Waals surface area contributed by atoms with Crippen LogP contribution in [0.4, 0.5) is 5.69 Å². The van der Waals surface area contributed by atoms with Gasteiger partial charge in [0.2, 0.25) is 0 Å². The van der Waals surface area contributed by atoms with Crippen molar-refractivity contribution >= 4 is 23.1 Å². The van der Waals surface area contributed by atoms with Gasteiger partial charge >= 0.3 is 0 Å². The Bertz CT molecular complexity index is 323. The topological polar surface area (TPSA) is 43.1 Å². The second-order valence-corrected chi connectivity index (χ2v) is 3.31. The second-order valence-electron chi connectivity index (χ2n) is 3.05. The minimum absolute atomic E-state index is 0.137. The zero-order valence-corrected chi connectivity index (χ0v) is 8.27. The van der Waals surface area contributed by atoms with E-state index >= 15 is 0 Å². The van der Waals surface area contributed by atoms with Crippen LogP contribution in [-0.2, 0) is 17.1 Å². The molecule has 0 bridgehead atoms. The molecule has 0 fully saturated rings. The number of anilines is 1. The number of carbonyl (C=O) groups is 1. The van der Waals surface area contributed by atoms with E-state index in [0.717, 1.165) is 11.1 Å². The molecule has 0 amide bonds. The lowest BCUT2D eigenvalue weighted by Crippen LogP contribution is -1.99. The summed E-state index contributed by atoms with van der Waals surface area (Å²) in [5.74, 6) is 0.546. The Morgan fingerprint density at radius 2 is 2.23 bits per heavy atom. The number of hydrogen-bond donors (Lipinski definition) is 1. The van der Waals surface area contributed by atoms with E-state index in [0.29, 0.717) is 18.0 Å². The molecule has 70 valence electrons. The van der Waals surface area contributed by atoms with Crippen molar-refractivity contribution in [2.45, 2.75) is 19.2 Å². The largest absolute Gasteiger partial charge is 0.398 e. The first-order valence-electron chi connectivity index (χ1n) is 4.06. The number of nitrogens with two attached hydrogens (primary N) is 1. The van der Waals surface area contributed by atoms with E-state index < -0.39 is 0 Å². The van der Waals surface area contributed by atoms with Crippen molar-refractivity contribution in [3.8, 4) is 0 Å². The van der Waals surface area contributed by atoms with Crippen LogP contribution in [0.25, 0.3) is 0 Å². The molecule has 0 atom stereocenters. The molecule has 0 radical (unpaired) electrons. The number of carbonyl (C=O) groups excluding carboxylic acids is 1. The Morgan fingerprint density at radius 3 is 2.69 bits per heavy atom. The first kappa shape index (κ1) is 10.1. The average molecular weight is 198 g/mol. The molecule has 0 unspecified atom stereocenters. The molecule has 0 heterocycles. The third-order valence-corrected chi connectivity index (χ3v) is 2.10. The summed E-state index contributed by atoms with van der Waals surface area (Å²) in [5, 5.41) is 0. The van der Waals surface area contributed by atoms with Crippen LogP contribution < -0.4 is 5.73 Å². The Balaban J connectivity index is 2.89. The molecule has 1 aromatic carbocycles. The summed E-state index contributed by atoms with van der Waals surface area (Å²) >= 11 is 5.64. The molecule has 1 aromatic rings. The van der Waals surface area contributed by atoms with Crippen LogP contribution in [0.15, 0.2) is 18.2 Å². The summed E-state index contributed by atoms with van der Waals surface area (Å²) in [6, 6.07) is 5.55. The molecule has 0 saturated heterocycles. The fourth-order valence-corrected chi connectivity index (χ4v) is 1.41. The van der Waals surface area contributed by atoms with Crippen LogP contribution in [0.3, 0.4) is 0 Å². The predicted octanol–water partition coefficient (Wildman–Crippen LogP) is 2.14. The average Bonchev–Trinajstić information content (AvgIpc) is 2.03. The summed E-state index contributed by atoms with van der Waals surface area (Å²) in [4.78, 5) is 10.8. The standard InChI is InChI=1S/C10H12ClNO/c1-7(13)4-8-2-3-9(6-11)10(12)5-8/h2-3,5H,4,6,12H2,1H3. The van der Waals surface area contributed by atoms with E-state index in [1.54, 1.807) is 13.0 Å². The van der Waals surface area contributed by atoms with Crippen molar-refractivity contribution in [1.82, 2.24) is 0 Å². The number of halogens is 1. The molecule has 0 aliphatic heterocycles. The van der Waals surface area contributed by atoms with Crippen LogP contribution in [0.1, 0.15) is 18.1 Å². The molecule has 0 spiro atoms. The first-order chi connectivity index (χ1) is 6.13. The van der Waals surface area contributed by atoms with Crippen molar-refractivity contribution in [2.75, 3.05) is 5.73 Å². The van der Waals surface area contributed by atoms with Crippen molar-refractivity contribution in [3.63, 3.8) is 0 Å². The summed E-state index contributed by atoms with van der Waals surface area (Å²) in [6.07, 6.45) is 0.437. The zero-order valence-electron chi connectivity index (χ0n) is 7.51. The Hall–Kier alpha value is -1.02. The van der Waals surface area contributed by atoms with Gasteiger partial charge in [-0.2, -0.15) is 0 Å². The minimum Gasteiger partial charge on any atom is -0.398 e. The number of Topliss-reactive ketones (excluding diaryl/α,β-unsaturated/α-hetero) is 1. The molecular weight excluding hydrogens is 186 g/mol. The van der Waals surface area contributed by atoms with Gasteiger partial charge in [-0.05, 0) is 24.1 Å². The van der Waals surface area contributed by atoms with Crippen LogP contribution in [-0.4, -0.2) is 5.78 Å². The molecule has 0 aliphatic carbocycles. The highest BCUT2D eigenvalue weighted by Gasteiger charge is 2.01. The molecule has 0 aliphatic rings. The van der Waals surface area contributed by atoms with Crippen molar-refractivity contribution < 1.29 is 4.79 Å². The number of alkyl halides is 1. The maximum Gasteiger partial charge on any atom is 0.134 e. The Morgan fingerprint density at radius 1 is 1.54 bits per heavy atom. The van der Waals surface area contributed by atoms with Crippen molar-refractivity contribution in [1.29, 1.82) is 0 Å². The highest BCUT2D eigenvalue weighted by atomic mass is 35.5. The van der Waals surface area contributed by atoms with Gasteiger partial charge < -0.3 is 5.73 Å². The highest BCUT2D eigenvalue weighted by molar-refractivity contribution is 6.17. The van der Waals surface area contributed by atoms with Gasteiger partial charge in [-0.25, -0.2) is 0 Å². The number of benzene rings is 1. The molecule has 3 heteroatoms. The molecule has 0 saturated carbocycles. The fourth-order valence-electron chi connectivity index (χ4n) is 1.16. The van der Waals surface area contributed by atoms with Crippen molar-refractivity contribution in [3.05, 3.63) is 29.3 Å². The quantitative estimate of drug-likeness (QED) is 0.596. The molecule has 13 heavy (non-hydrogen) atoms. The zero-order chi connectivity index (χ0) is 9.84. The highest BCUT2D eigenvalue weighted by Crippen LogP contribution is 2.16. The molecule has 1 rings (SSSR count). The van der Waals surface area contributed by atoms with E-state index in [1.807, 2.05) is 12.1 Å². The van der Waals surface area contributed by atoms with Crippen LogP contribution in [0.5, 0.6) is 0 Å². The summed E-state index contributed by atoms with van der Waals surface area (Å²) in [6.45, 7) is 1.56. The van der Waals surface area contributed by atoms with E-state index in [2.05, 4.69) is 0 Å². The number of nitrogen functional groups attached to an aromatic ring is 1. The van der Waals surface area contributed by atoms with Crippen LogP contribution >= 0.6 is 11.6 Å². The van der Waals surface area contributed by atoms with Gasteiger partial charge in [-0.15, -0.1) is 11.6 Å². The van der Waals surface area contributed by atoms with Crippen LogP contribution in [0.2, 0.25) is 0 Å². The number of ketones is 1. The normalized spacial score (nSPS) is 10.0. The molecule has 0 aromatic heterocycles. The number of rotatable bonds is 3. The summed E-state index contributed by atoms with van der Waals surface area (Å²) < 4.78 is 0. The van der Waals surface area contributed by atoms with E-state index in [9.17, 15) is 4.79 Å². The van der Waals surface area contributed by atoms with Gasteiger partial charge in [0.25, 0.3) is 0 Å². The lowest BCUT2D eigenvalue weighted by Gasteiger charge is -2.04. The monoisotopic (exact) mass is 197 g/mol. The van der Waals surface area contributed by atoms with E-state index in [-0.39, 0.29) is 5.78 Å². The lowest BCUT2D eigenvalue weighted by molar-refractivity contribution is -0.116. The molecular formula is C10H12ClNO. The van der Waals surface area contributed by atoms with E-state index in [4.69, 9.17) is 17.3 Å². The summed E-state index contributed by atoms with van der Waals surface area (Å²) in [5.41, 5.74) is 8.23. The SMILES string of the molecule is CC(=O)Cc1ccc(CCl)c(N)c1. The first-order valence-corrected chi connectivity index (χ1v) is 4.59. The van der Waals surface area contributed by atoms with Gasteiger partial charge in [-0.1, -0.05) is 12.1 Å². The van der Waals surface area contributed by atoms with E-state index in [1.165, 1.54) is 0 Å². The predicted molar refractivity (Wildman–Crippen MR) is 54.8 cm³/mol.